The van der Waals surface area contributed by atoms with Gasteiger partial charge >= 0.3 is 5.97 Å². The summed E-state index contributed by atoms with van der Waals surface area (Å²) in [5.74, 6) is -0.287. The van der Waals surface area contributed by atoms with Crippen LogP contribution >= 0.6 is 0 Å². The van der Waals surface area contributed by atoms with Gasteiger partial charge in [-0.25, -0.2) is 4.79 Å². The van der Waals surface area contributed by atoms with Crippen molar-refractivity contribution in [3.8, 4) is 0 Å². The highest BCUT2D eigenvalue weighted by molar-refractivity contribution is 5.86. The zero-order valence-corrected chi connectivity index (χ0v) is 11.3. The van der Waals surface area contributed by atoms with E-state index in [1.165, 1.54) is 30.9 Å². The van der Waals surface area contributed by atoms with Crippen molar-refractivity contribution in [2.24, 2.45) is 0 Å². The smallest absolute Gasteiger partial charge is 0.330 e. The Kier molecular flexibility index (Phi) is 6.85. The normalized spacial score (nSPS) is 10.8. The van der Waals surface area contributed by atoms with E-state index in [9.17, 15) is 4.79 Å². The molecule has 0 aliphatic heterocycles. The van der Waals surface area contributed by atoms with E-state index >= 15 is 0 Å². The maximum atomic E-state index is 11.1. The van der Waals surface area contributed by atoms with Gasteiger partial charge in [0.15, 0.2) is 0 Å². The maximum Gasteiger partial charge on any atom is 0.330 e. The number of benzene rings is 1. The highest BCUT2D eigenvalue weighted by atomic mass is 16.5. The maximum absolute atomic E-state index is 11.1. The van der Waals surface area contributed by atoms with Gasteiger partial charge in [0.2, 0.25) is 0 Å². The van der Waals surface area contributed by atoms with E-state index in [4.69, 9.17) is 4.74 Å². The summed E-state index contributed by atoms with van der Waals surface area (Å²) >= 11 is 0. The zero-order chi connectivity index (χ0) is 13.2. The van der Waals surface area contributed by atoms with Gasteiger partial charge in [0.05, 0.1) is 6.61 Å². The first-order valence-corrected chi connectivity index (χ1v) is 6.70. The molecular weight excluding hydrogens is 224 g/mol. The van der Waals surface area contributed by atoms with Crippen molar-refractivity contribution in [1.82, 2.24) is 0 Å². The Morgan fingerprint density at radius 1 is 1.17 bits per heavy atom. The van der Waals surface area contributed by atoms with Crippen LogP contribution in [0, 0.1) is 0 Å². The van der Waals surface area contributed by atoms with Gasteiger partial charge in [-0.3, -0.25) is 0 Å². The van der Waals surface area contributed by atoms with Crippen LogP contribution in [-0.2, 0) is 16.0 Å². The van der Waals surface area contributed by atoms with Crippen molar-refractivity contribution < 1.29 is 9.53 Å². The summed E-state index contributed by atoms with van der Waals surface area (Å²) in [5, 5.41) is 0. The van der Waals surface area contributed by atoms with Crippen molar-refractivity contribution in [3.05, 3.63) is 41.5 Å². The van der Waals surface area contributed by atoms with E-state index in [2.05, 4.69) is 19.1 Å². The molecule has 0 aromatic heterocycles. The minimum absolute atomic E-state index is 0.287. The molecule has 0 N–H and O–H groups in total. The third-order valence-corrected chi connectivity index (χ3v) is 2.75. The van der Waals surface area contributed by atoms with Crippen molar-refractivity contribution >= 4 is 12.0 Å². The van der Waals surface area contributed by atoms with Gasteiger partial charge in [-0.1, -0.05) is 44.0 Å². The molecular formula is C16H22O2. The van der Waals surface area contributed by atoms with Crippen LogP contribution in [0.3, 0.4) is 0 Å². The molecule has 0 saturated carbocycles. The van der Waals surface area contributed by atoms with Crippen LogP contribution in [0.1, 0.15) is 44.2 Å². The minimum Gasteiger partial charge on any atom is -0.463 e. The molecule has 98 valence electrons. The molecule has 2 nitrogen and oxygen atoms in total. The van der Waals surface area contributed by atoms with Crippen molar-refractivity contribution in [3.63, 3.8) is 0 Å². The predicted molar refractivity (Wildman–Crippen MR) is 75.3 cm³/mol. The fourth-order valence-corrected chi connectivity index (χ4v) is 1.73. The Morgan fingerprint density at radius 3 is 2.50 bits per heavy atom. The standard InChI is InChI=1S/C16H22O2/c1-3-5-6-7-14-8-10-15(11-9-14)12-13-16(17)18-4-2/h8-13H,3-7H2,1-2H3. The van der Waals surface area contributed by atoms with E-state index in [1.54, 1.807) is 13.0 Å². The molecule has 0 spiro atoms. The summed E-state index contributed by atoms with van der Waals surface area (Å²) in [5.41, 5.74) is 2.39. The summed E-state index contributed by atoms with van der Waals surface area (Å²) in [6, 6.07) is 8.33. The molecule has 18 heavy (non-hydrogen) atoms. The fraction of sp³-hybridized carbons (Fsp3) is 0.438. The average Bonchev–Trinajstić information content (AvgIpc) is 2.38. The SMILES string of the molecule is CCCCCc1ccc(C=CC(=O)OCC)cc1. The molecule has 0 amide bonds. The number of hydrogen-bond donors (Lipinski definition) is 0. The molecule has 0 aliphatic carbocycles. The monoisotopic (exact) mass is 246 g/mol. The van der Waals surface area contributed by atoms with Crippen LogP contribution in [0.25, 0.3) is 6.08 Å². The number of rotatable bonds is 7. The molecule has 0 bridgehead atoms. The van der Waals surface area contributed by atoms with E-state index in [0.717, 1.165) is 12.0 Å². The molecule has 1 aromatic carbocycles. The lowest BCUT2D eigenvalue weighted by Crippen LogP contribution is -1.98. The topological polar surface area (TPSA) is 26.3 Å². The lowest BCUT2D eigenvalue weighted by atomic mass is 10.1. The summed E-state index contributed by atoms with van der Waals surface area (Å²) in [7, 11) is 0. The quantitative estimate of drug-likeness (QED) is 0.413. The van der Waals surface area contributed by atoms with E-state index in [1.807, 2.05) is 12.1 Å². The highest BCUT2D eigenvalue weighted by Crippen LogP contribution is 2.10. The summed E-state index contributed by atoms with van der Waals surface area (Å²) in [6.45, 7) is 4.43. The second kappa shape index (κ2) is 8.51. The number of ether oxygens (including phenoxy) is 1. The first-order chi connectivity index (χ1) is 8.76. The number of esters is 1. The third kappa shape index (κ3) is 5.67. The number of aryl methyl sites for hydroxylation is 1. The number of carbonyl (C=O) groups excluding carboxylic acids is 1. The second-order valence-electron chi connectivity index (χ2n) is 4.28. The third-order valence-electron chi connectivity index (χ3n) is 2.75. The van der Waals surface area contributed by atoms with Crippen LogP contribution in [0.5, 0.6) is 0 Å². The first kappa shape index (κ1) is 14.5. The van der Waals surface area contributed by atoms with Crippen LogP contribution in [-0.4, -0.2) is 12.6 Å². The lowest BCUT2D eigenvalue weighted by Gasteiger charge is -2.01. The van der Waals surface area contributed by atoms with E-state index in [0.29, 0.717) is 6.61 Å². The largest absolute Gasteiger partial charge is 0.463 e. The molecule has 0 saturated heterocycles. The average molecular weight is 246 g/mol. The number of hydrogen-bond acceptors (Lipinski definition) is 2. The van der Waals surface area contributed by atoms with Gasteiger partial charge in [0.25, 0.3) is 0 Å². The second-order valence-corrected chi connectivity index (χ2v) is 4.28. The Morgan fingerprint density at radius 2 is 1.89 bits per heavy atom. The summed E-state index contributed by atoms with van der Waals surface area (Å²) in [4.78, 5) is 11.1. The van der Waals surface area contributed by atoms with Crippen LogP contribution in [0.2, 0.25) is 0 Å². The molecule has 0 fully saturated rings. The fourth-order valence-electron chi connectivity index (χ4n) is 1.73. The first-order valence-electron chi connectivity index (χ1n) is 6.70. The van der Waals surface area contributed by atoms with Gasteiger partial charge in [0, 0.05) is 6.08 Å². The van der Waals surface area contributed by atoms with Crippen LogP contribution < -0.4 is 0 Å². The van der Waals surface area contributed by atoms with Gasteiger partial charge < -0.3 is 4.74 Å². The lowest BCUT2D eigenvalue weighted by molar-refractivity contribution is -0.137. The molecule has 0 unspecified atom stereocenters. The van der Waals surface area contributed by atoms with Crippen LogP contribution in [0.15, 0.2) is 30.3 Å². The van der Waals surface area contributed by atoms with Crippen LogP contribution in [0.4, 0.5) is 0 Å². The Balaban J connectivity index is 2.47. The molecule has 1 rings (SSSR count). The molecule has 2 heteroatoms. The molecule has 0 aliphatic rings. The number of unbranched alkanes of at least 4 members (excludes halogenated alkanes) is 2. The zero-order valence-electron chi connectivity index (χ0n) is 11.3. The molecule has 0 heterocycles. The Labute approximate surface area is 110 Å². The van der Waals surface area contributed by atoms with Gasteiger partial charge in [-0.15, -0.1) is 0 Å². The van der Waals surface area contributed by atoms with Gasteiger partial charge in [-0.05, 0) is 37.0 Å². The Bertz CT molecular complexity index is 377. The minimum atomic E-state index is -0.287. The highest BCUT2D eigenvalue weighted by Gasteiger charge is 1.95. The van der Waals surface area contributed by atoms with Crippen molar-refractivity contribution in [2.75, 3.05) is 6.61 Å². The van der Waals surface area contributed by atoms with Crippen molar-refractivity contribution in [2.45, 2.75) is 39.5 Å². The predicted octanol–water partition coefficient (Wildman–Crippen LogP) is 4.00. The van der Waals surface area contributed by atoms with Gasteiger partial charge in [0.1, 0.15) is 0 Å². The number of carbonyl (C=O) groups is 1. The summed E-state index contributed by atoms with van der Waals surface area (Å²) in [6.07, 6.45) is 8.17. The molecule has 0 atom stereocenters. The van der Waals surface area contributed by atoms with E-state index < -0.39 is 0 Å². The summed E-state index contributed by atoms with van der Waals surface area (Å²) < 4.78 is 4.83. The van der Waals surface area contributed by atoms with E-state index in [-0.39, 0.29) is 5.97 Å². The molecule has 1 aromatic rings. The van der Waals surface area contributed by atoms with Gasteiger partial charge in [-0.2, -0.15) is 0 Å². The molecule has 0 radical (unpaired) electrons. The van der Waals surface area contributed by atoms with Crippen molar-refractivity contribution in [1.29, 1.82) is 0 Å². The Hall–Kier alpha value is -1.57.